The quantitative estimate of drug-likeness (QED) is 0.700. The van der Waals surface area contributed by atoms with Crippen LogP contribution in [0.1, 0.15) is 15.0 Å². The molecule has 1 aromatic heterocycles. The highest BCUT2D eigenvalue weighted by molar-refractivity contribution is 8.19. The Morgan fingerprint density at radius 3 is 2.72 bits per heavy atom. The topological polar surface area (TPSA) is 38.8 Å². The Labute approximate surface area is 160 Å². The van der Waals surface area contributed by atoms with Crippen LogP contribution in [0.3, 0.4) is 0 Å². The van der Waals surface area contributed by atoms with E-state index in [1.807, 2.05) is 53.2 Å². The van der Waals surface area contributed by atoms with Crippen LogP contribution in [0.4, 0.5) is 0 Å². The fourth-order valence-corrected chi connectivity index (χ4v) is 6.07. The molecule has 1 fully saturated rings. The fourth-order valence-electron chi connectivity index (χ4n) is 2.48. The lowest BCUT2D eigenvalue weighted by molar-refractivity contribution is -0.132. The molecule has 0 aliphatic carbocycles. The minimum Gasteiger partial charge on any atom is -0.493 e. The molecule has 0 bridgehead atoms. The van der Waals surface area contributed by atoms with Crippen molar-refractivity contribution in [1.82, 2.24) is 4.90 Å². The number of thiophene rings is 1. The first kappa shape index (κ1) is 18.5. The number of thioether (sulfide) groups is 2. The predicted octanol–water partition coefficient (Wildman–Crippen LogP) is 4.27. The molecular formula is C18H21NO3S3. The molecule has 0 spiro atoms. The van der Waals surface area contributed by atoms with Gasteiger partial charge in [-0.25, -0.2) is 0 Å². The van der Waals surface area contributed by atoms with E-state index in [1.54, 1.807) is 30.4 Å². The second-order valence-corrected chi connectivity index (χ2v) is 9.36. The van der Waals surface area contributed by atoms with Gasteiger partial charge in [-0.05, 0) is 29.1 Å². The molecule has 0 N–H and O–H groups in total. The number of carbonyl (C=O) groups is 1. The lowest BCUT2D eigenvalue weighted by atomic mass is 10.2. The summed E-state index contributed by atoms with van der Waals surface area (Å²) in [6.07, 6.45) is 0. The van der Waals surface area contributed by atoms with Crippen molar-refractivity contribution in [2.45, 2.75) is 11.1 Å². The summed E-state index contributed by atoms with van der Waals surface area (Å²) in [5.41, 5.74) is 1.23. The largest absolute Gasteiger partial charge is 0.493 e. The molecule has 134 valence electrons. The first-order valence-electron chi connectivity index (χ1n) is 7.97. The van der Waals surface area contributed by atoms with Gasteiger partial charge in [0.2, 0.25) is 0 Å². The van der Waals surface area contributed by atoms with Crippen LogP contribution in [0, 0.1) is 0 Å². The van der Waals surface area contributed by atoms with Gasteiger partial charge in [0.25, 0.3) is 5.91 Å². The maximum absolute atomic E-state index is 12.3. The third-order valence-electron chi connectivity index (χ3n) is 3.83. The minimum atomic E-state index is -0.0542. The molecular weight excluding hydrogens is 374 g/mol. The standard InChI is InChI=1S/C18H21NO3S3/c1-19(11-14-4-3-7-23-14)17(20)12-22-15-6-5-13(10-16(15)21-2)18-24-8-9-25-18/h3-7,10,18H,8-9,11-12H2,1-2H3. The van der Waals surface area contributed by atoms with Gasteiger partial charge in [-0.15, -0.1) is 34.9 Å². The van der Waals surface area contributed by atoms with Gasteiger partial charge in [-0.1, -0.05) is 12.1 Å². The third kappa shape index (κ3) is 4.86. The molecule has 7 heteroatoms. The molecule has 0 atom stereocenters. The highest BCUT2D eigenvalue weighted by atomic mass is 32.2. The Morgan fingerprint density at radius 1 is 1.24 bits per heavy atom. The fraction of sp³-hybridized carbons (Fsp3) is 0.389. The van der Waals surface area contributed by atoms with E-state index >= 15 is 0 Å². The zero-order valence-electron chi connectivity index (χ0n) is 14.3. The van der Waals surface area contributed by atoms with E-state index in [0.717, 1.165) is 4.88 Å². The molecule has 25 heavy (non-hydrogen) atoms. The van der Waals surface area contributed by atoms with E-state index in [-0.39, 0.29) is 12.5 Å². The third-order valence-corrected chi connectivity index (χ3v) is 7.80. The lowest BCUT2D eigenvalue weighted by Crippen LogP contribution is -2.30. The van der Waals surface area contributed by atoms with Crippen LogP contribution < -0.4 is 9.47 Å². The predicted molar refractivity (Wildman–Crippen MR) is 107 cm³/mol. The van der Waals surface area contributed by atoms with E-state index in [1.165, 1.54) is 17.1 Å². The first-order chi connectivity index (χ1) is 12.2. The van der Waals surface area contributed by atoms with E-state index in [0.29, 0.717) is 22.6 Å². The van der Waals surface area contributed by atoms with Crippen molar-refractivity contribution in [3.63, 3.8) is 0 Å². The second-order valence-electron chi connectivity index (χ2n) is 5.60. The molecule has 4 nitrogen and oxygen atoms in total. The molecule has 2 heterocycles. The van der Waals surface area contributed by atoms with Crippen LogP contribution in [-0.4, -0.2) is 43.1 Å². The lowest BCUT2D eigenvalue weighted by Gasteiger charge is -2.18. The van der Waals surface area contributed by atoms with E-state index in [2.05, 4.69) is 6.07 Å². The molecule has 1 aliphatic rings. The SMILES string of the molecule is COc1cc(C2SCCS2)ccc1OCC(=O)N(C)Cc1cccs1. The van der Waals surface area contributed by atoms with Gasteiger partial charge >= 0.3 is 0 Å². The molecule has 0 radical (unpaired) electrons. The number of amides is 1. The molecule has 0 saturated carbocycles. The molecule has 1 amide bonds. The van der Waals surface area contributed by atoms with Gasteiger partial charge in [-0.3, -0.25) is 4.79 Å². The van der Waals surface area contributed by atoms with Crippen molar-refractivity contribution in [1.29, 1.82) is 0 Å². The van der Waals surface area contributed by atoms with E-state index in [4.69, 9.17) is 9.47 Å². The number of carbonyl (C=O) groups excluding carboxylic acids is 1. The Bertz CT molecular complexity index is 700. The summed E-state index contributed by atoms with van der Waals surface area (Å²) in [7, 11) is 3.42. The Kier molecular flexibility index (Phi) is 6.56. The Hall–Kier alpha value is -1.31. The summed E-state index contributed by atoms with van der Waals surface area (Å²) in [5.74, 6) is 3.60. The molecule has 1 aliphatic heterocycles. The number of hydrogen-bond acceptors (Lipinski definition) is 6. The molecule has 2 aromatic rings. The van der Waals surface area contributed by atoms with Gasteiger partial charge in [0.1, 0.15) is 0 Å². The summed E-state index contributed by atoms with van der Waals surface area (Å²) in [5, 5.41) is 2.01. The number of ether oxygens (including phenoxy) is 2. The highest BCUT2D eigenvalue weighted by Crippen LogP contribution is 2.46. The van der Waals surface area contributed by atoms with Crippen molar-refractivity contribution in [2.24, 2.45) is 0 Å². The van der Waals surface area contributed by atoms with E-state index < -0.39 is 0 Å². The number of benzene rings is 1. The Morgan fingerprint density at radius 2 is 2.04 bits per heavy atom. The van der Waals surface area contributed by atoms with Crippen LogP contribution in [0.15, 0.2) is 35.7 Å². The minimum absolute atomic E-state index is 0.00447. The summed E-state index contributed by atoms with van der Waals surface area (Å²) in [4.78, 5) is 15.1. The first-order valence-corrected chi connectivity index (χ1v) is 11.0. The zero-order chi connectivity index (χ0) is 17.6. The molecule has 0 unspecified atom stereocenters. The van der Waals surface area contributed by atoms with Crippen LogP contribution in [-0.2, 0) is 11.3 Å². The van der Waals surface area contributed by atoms with E-state index in [9.17, 15) is 4.79 Å². The summed E-state index contributed by atoms with van der Waals surface area (Å²) < 4.78 is 11.6. The van der Waals surface area contributed by atoms with Gasteiger partial charge in [0.15, 0.2) is 18.1 Å². The van der Waals surface area contributed by atoms with Gasteiger partial charge < -0.3 is 14.4 Å². The maximum Gasteiger partial charge on any atom is 0.260 e. The summed E-state index contributed by atoms with van der Waals surface area (Å²) in [6, 6.07) is 10.00. The number of rotatable bonds is 7. The van der Waals surface area contributed by atoms with Crippen molar-refractivity contribution < 1.29 is 14.3 Å². The number of likely N-dealkylation sites (N-methyl/N-ethyl adjacent to an activating group) is 1. The average molecular weight is 396 g/mol. The summed E-state index contributed by atoms with van der Waals surface area (Å²) in [6.45, 7) is 0.608. The van der Waals surface area contributed by atoms with Crippen molar-refractivity contribution in [3.05, 3.63) is 46.2 Å². The molecule has 1 saturated heterocycles. The normalized spacial score (nSPS) is 14.5. The van der Waals surface area contributed by atoms with Crippen LogP contribution in [0.25, 0.3) is 0 Å². The van der Waals surface area contributed by atoms with Gasteiger partial charge in [-0.2, -0.15) is 0 Å². The van der Waals surface area contributed by atoms with Crippen molar-refractivity contribution in [3.8, 4) is 11.5 Å². The van der Waals surface area contributed by atoms with Gasteiger partial charge in [0, 0.05) is 23.4 Å². The van der Waals surface area contributed by atoms with Crippen molar-refractivity contribution >= 4 is 40.8 Å². The maximum atomic E-state index is 12.3. The monoisotopic (exact) mass is 395 g/mol. The smallest absolute Gasteiger partial charge is 0.260 e. The van der Waals surface area contributed by atoms with Crippen LogP contribution in [0.5, 0.6) is 11.5 Å². The number of nitrogens with zero attached hydrogens (tertiary/aromatic N) is 1. The van der Waals surface area contributed by atoms with Gasteiger partial charge in [0.05, 0.1) is 18.2 Å². The van der Waals surface area contributed by atoms with Crippen LogP contribution >= 0.6 is 34.9 Å². The molecule has 1 aromatic carbocycles. The average Bonchev–Trinajstić information content (AvgIpc) is 3.33. The molecule has 3 rings (SSSR count). The van der Waals surface area contributed by atoms with Crippen LogP contribution in [0.2, 0.25) is 0 Å². The number of hydrogen-bond donors (Lipinski definition) is 0. The number of methoxy groups -OCH3 is 1. The highest BCUT2D eigenvalue weighted by Gasteiger charge is 2.20. The van der Waals surface area contributed by atoms with Crippen molar-refractivity contribution in [2.75, 3.05) is 32.3 Å². The second kappa shape index (κ2) is 8.87. The zero-order valence-corrected chi connectivity index (χ0v) is 16.7. The Balaban J connectivity index is 1.59. The summed E-state index contributed by atoms with van der Waals surface area (Å²) >= 11 is 5.55.